The van der Waals surface area contributed by atoms with Crippen molar-refractivity contribution in [2.45, 2.75) is 51.7 Å². The molecule has 2 N–H and O–H groups in total. The zero-order valence-corrected chi connectivity index (χ0v) is 14.9. The molecule has 0 aromatic heterocycles. The molecule has 19 heavy (non-hydrogen) atoms. The molecule has 2 unspecified atom stereocenters. The van der Waals surface area contributed by atoms with E-state index in [2.05, 4.69) is 0 Å². The average Bonchev–Trinajstić information content (AvgIpc) is 2.15. The maximum Gasteiger partial charge on any atom is 0.0743 e. The summed E-state index contributed by atoms with van der Waals surface area (Å²) in [5.74, 6) is 0. The van der Waals surface area contributed by atoms with Gasteiger partial charge in [-0.05, 0) is 54.9 Å². The Labute approximate surface area is 130 Å². The maximum absolute atomic E-state index is 9.45. The van der Waals surface area contributed by atoms with Gasteiger partial charge in [0.2, 0.25) is 0 Å². The first-order valence-corrected chi connectivity index (χ1v) is 6.70. The number of likely N-dealkylation sites (N-methyl/N-ethyl adjacent to an activating group) is 2. The predicted molar refractivity (Wildman–Crippen MR) is 78.9 cm³/mol. The van der Waals surface area contributed by atoms with Crippen molar-refractivity contribution in [3.05, 3.63) is 0 Å². The van der Waals surface area contributed by atoms with Gasteiger partial charge in [-0.3, -0.25) is 0 Å². The third kappa shape index (κ3) is 18.3. The molecule has 0 aliphatic carbocycles. The molecule has 5 heteroatoms. The first kappa shape index (κ1) is 24.4. The van der Waals surface area contributed by atoms with Crippen LogP contribution in [0.4, 0.5) is 0 Å². The molecule has 0 radical (unpaired) electrons. The van der Waals surface area contributed by atoms with Gasteiger partial charge in [-0.25, -0.2) is 0 Å². The summed E-state index contributed by atoms with van der Waals surface area (Å²) >= 11 is 0. The van der Waals surface area contributed by atoms with E-state index in [0.29, 0.717) is 0 Å². The van der Waals surface area contributed by atoms with Crippen LogP contribution in [0.2, 0.25) is 0 Å². The Morgan fingerprint density at radius 3 is 1.00 bits per heavy atom. The van der Waals surface area contributed by atoms with Crippen molar-refractivity contribution in [3.8, 4) is 0 Å². The number of hydrogen-bond donors (Lipinski definition) is 2. The molecule has 0 spiro atoms. The summed E-state index contributed by atoms with van der Waals surface area (Å²) in [5, 5.41) is 18.9. The minimum Gasteiger partial charge on any atom is -0.389 e. The quantitative estimate of drug-likeness (QED) is 0.727. The van der Waals surface area contributed by atoms with Crippen LogP contribution in [0, 0.1) is 0 Å². The predicted octanol–water partition coefficient (Wildman–Crippen LogP) is 1.42. The molecule has 4 nitrogen and oxygen atoms in total. The van der Waals surface area contributed by atoms with Crippen molar-refractivity contribution in [3.63, 3.8) is 0 Å². The smallest absolute Gasteiger partial charge is 0.0743 e. The Bertz CT molecular complexity index is 186. The van der Waals surface area contributed by atoms with E-state index in [0.717, 1.165) is 25.9 Å². The topological polar surface area (TPSA) is 46.9 Å². The Morgan fingerprint density at radius 1 is 0.737 bits per heavy atom. The molecule has 0 fully saturated rings. The molecule has 0 bridgehead atoms. The largest absolute Gasteiger partial charge is 0.389 e. The van der Waals surface area contributed by atoms with E-state index in [-0.39, 0.29) is 16.5 Å². The molecule has 0 saturated heterocycles. The number of nitrogens with zero attached hydrogens (tertiary/aromatic N) is 2. The molecule has 0 aliphatic rings. The second kappa shape index (κ2) is 11.0. The van der Waals surface area contributed by atoms with Gasteiger partial charge in [0.25, 0.3) is 0 Å². The summed E-state index contributed by atoms with van der Waals surface area (Å²) in [5.41, 5.74) is -1.02. The zero-order chi connectivity index (χ0) is 15.0. The minimum absolute atomic E-state index is 0. The third-order valence-electron chi connectivity index (χ3n) is 2.84. The normalized spacial score (nSPS) is 17.1. The Morgan fingerprint density at radius 2 is 0.947 bits per heavy atom. The van der Waals surface area contributed by atoms with Gasteiger partial charge < -0.3 is 20.0 Å². The van der Waals surface area contributed by atoms with Gasteiger partial charge in [0.15, 0.2) is 0 Å². The third-order valence-corrected chi connectivity index (χ3v) is 2.84. The minimum atomic E-state index is -0.510. The van der Waals surface area contributed by atoms with E-state index in [1.165, 1.54) is 0 Å². The van der Waals surface area contributed by atoms with Gasteiger partial charge in [0.05, 0.1) is 11.2 Å². The average molecular weight is 321 g/mol. The first-order valence-electron chi connectivity index (χ1n) is 6.70. The van der Waals surface area contributed by atoms with E-state index in [9.17, 15) is 10.2 Å². The molecule has 0 rings (SSSR count). The summed E-state index contributed by atoms with van der Waals surface area (Å²) in [4.78, 5) is 3.98. The van der Waals surface area contributed by atoms with Crippen molar-refractivity contribution < 1.29 is 26.7 Å². The molecule has 2 atom stereocenters. The standard InChI is InChI=1S/2C7H17NO.Ni/c2*1-5-7(2,9)6-8(3)4;/h2*9H,5-6H2,1-4H3;. The molecular formula is C14H34N2NiO2. The van der Waals surface area contributed by atoms with E-state index in [1.807, 2.05) is 65.7 Å². The fourth-order valence-corrected chi connectivity index (χ4v) is 1.59. The zero-order valence-electron chi connectivity index (χ0n) is 13.9. The van der Waals surface area contributed by atoms with Crippen molar-refractivity contribution in [1.82, 2.24) is 9.80 Å². The van der Waals surface area contributed by atoms with E-state index in [4.69, 9.17) is 0 Å². The molecule has 0 saturated carbocycles. The van der Waals surface area contributed by atoms with Gasteiger partial charge in [-0.15, -0.1) is 0 Å². The van der Waals surface area contributed by atoms with Crippen LogP contribution in [-0.4, -0.2) is 72.5 Å². The molecule has 0 aliphatic heterocycles. The van der Waals surface area contributed by atoms with Crippen molar-refractivity contribution >= 4 is 0 Å². The van der Waals surface area contributed by atoms with Crippen molar-refractivity contribution in [1.29, 1.82) is 0 Å². The molecule has 0 aromatic carbocycles. The van der Waals surface area contributed by atoms with Crippen LogP contribution >= 0.6 is 0 Å². The Hall–Kier alpha value is 0.334. The van der Waals surface area contributed by atoms with Crippen LogP contribution in [0.25, 0.3) is 0 Å². The second-order valence-corrected chi connectivity index (χ2v) is 6.18. The molecule has 0 amide bonds. The Kier molecular flexibility index (Phi) is 14.2. The van der Waals surface area contributed by atoms with Gasteiger partial charge in [-0.1, -0.05) is 13.8 Å². The fraction of sp³-hybridized carbons (Fsp3) is 1.00. The van der Waals surface area contributed by atoms with Gasteiger partial charge in [0.1, 0.15) is 0 Å². The van der Waals surface area contributed by atoms with Gasteiger partial charge >= 0.3 is 0 Å². The van der Waals surface area contributed by atoms with Crippen LogP contribution in [0.5, 0.6) is 0 Å². The van der Waals surface area contributed by atoms with E-state index in [1.54, 1.807) is 0 Å². The maximum atomic E-state index is 9.45. The first-order chi connectivity index (χ1) is 7.95. The number of hydrogen-bond acceptors (Lipinski definition) is 4. The molecule has 0 heterocycles. The SMILES string of the molecule is CCC(C)(O)CN(C)C.CCC(C)(O)CN(C)C.[Ni]. The van der Waals surface area contributed by atoms with Crippen LogP contribution < -0.4 is 0 Å². The monoisotopic (exact) mass is 320 g/mol. The second-order valence-electron chi connectivity index (χ2n) is 6.18. The molecular weight excluding hydrogens is 287 g/mol. The molecule has 122 valence electrons. The van der Waals surface area contributed by atoms with Crippen LogP contribution in [0.15, 0.2) is 0 Å². The fourth-order valence-electron chi connectivity index (χ4n) is 1.59. The summed E-state index contributed by atoms with van der Waals surface area (Å²) in [6.45, 7) is 9.17. The van der Waals surface area contributed by atoms with E-state index < -0.39 is 11.2 Å². The van der Waals surface area contributed by atoms with Crippen LogP contribution in [-0.2, 0) is 16.5 Å². The van der Waals surface area contributed by atoms with Gasteiger partial charge in [0, 0.05) is 29.6 Å². The van der Waals surface area contributed by atoms with Crippen LogP contribution in [0.1, 0.15) is 40.5 Å². The molecule has 0 aromatic rings. The van der Waals surface area contributed by atoms with Crippen LogP contribution in [0.3, 0.4) is 0 Å². The summed E-state index contributed by atoms with van der Waals surface area (Å²) in [6.07, 6.45) is 1.62. The Balaban J connectivity index is -0.000000256. The summed E-state index contributed by atoms with van der Waals surface area (Å²) < 4.78 is 0. The van der Waals surface area contributed by atoms with Gasteiger partial charge in [-0.2, -0.15) is 0 Å². The summed E-state index contributed by atoms with van der Waals surface area (Å²) in [6, 6.07) is 0. The van der Waals surface area contributed by atoms with E-state index >= 15 is 0 Å². The van der Waals surface area contributed by atoms with Crippen molar-refractivity contribution in [2.75, 3.05) is 41.3 Å². The number of aliphatic hydroxyl groups is 2. The number of rotatable bonds is 6. The van der Waals surface area contributed by atoms with Crippen molar-refractivity contribution in [2.24, 2.45) is 0 Å². The summed E-state index contributed by atoms with van der Waals surface area (Å²) in [7, 11) is 7.85.